The fraction of sp³-hybridized carbons (Fsp3) is 0.136. The summed E-state index contributed by atoms with van der Waals surface area (Å²) in [7, 11) is 0. The number of carbonyl (C=O) groups is 1. The zero-order valence-corrected chi connectivity index (χ0v) is 16.0. The number of carbonyl (C=O) groups excluding carboxylic acids is 1. The molecule has 1 fully saturated rings. The van der Waals surface area contributed by atoms with Crippen LogP contribution in [0.3, 0.4) is 0 Å². The second-order valence-corrected chi connectivity index (χ2v) is 7.35. The summed E-state index contributed by atoms with van der Waals surface area (Å²) in [5.74, 6) is 1.83. The smallest absolute Gasteiger partial charge is 0.387 e. The zero-order chi connectivity index (χ0) is 20.2. The van der Waals surface area contributed by atoms with Crippen LogP contribution in [0.25, 0.3) is 0 Å². The summed E-state index contributed by atoms with van der Waals surface area (Å²) >= 11 is 1.49. The number of nitrogens with zero attached hydrogens (tertiary/aromatic N) is 1. The van der Waals surface area contributed by atoms with E-state index in [1.54, 1.807) is 17.0 Å². The molecule has 0 aromatic heterocycles. The average Bonchev–Trinajstić information content (AvgIpc) is 3.11. The Morgan fingerprint density at radius 2 is 1.48 bits per heavy atom. The van der Waals surface area contributed by atoms with Crippen molar-refractivity contribution in [3.05, 3.63) is 84.4 Å². The zero-order valence-electron chi connectivity index (χ0n) is 15.2. The third-order valence-electron chi connectivity index (χ3n) is 4.35. The molecule has 1 aliphatic heterocycles. The lowest BCUT2D eigenvalue weighted by Gasteiger charge is -2.24. The lowest BCUT2D eigenvalue weighted by atomic mass is 10.1. The van der Waals surface area contributed by atoms with Gasteiger partial charge in [0.1, 0.15) is 22.6 Å². The first-order chi connectivity index (χ1) is 14.1. The van der Waals surface area contributed by atoms with Gasteiger partial charge in [0, 0.05) is 5.69 Å². The first kappa shape index (κ1) is 19.3. The average molecular weight is 413 g/mol. The third-order valence-corrected chi connectivity index (χ3v) is 5.56. The molecule has 0 saturated carbocycles. The lowest BCUT2D eigenvalue weighted by Crippen LogP contribution is -2.27. The minimum Gasteiger partial charge on any atom is -0.457 e. The van der Waals surface area contributed by atoms with Gasteiger partial charge in [0.05, 0.1) is 5.75 Å². The van der Waals surface area contributed by atoms with Crippen molar-refractivity contribution in [3.63, 3.8) is 0 Å². The number of ether oxygens (including phenoxy) is 2. The van der Waals surface area contributed by atoms with Gasteiger partial charge in [-0.3, -0.25) is 9.69 Å². The van der Waals surface area contributed by atoms with Gasteiger partial charge in [0.2, 0.25) is 5.91 Å². The van der Waals surface area contributed by atoms with Crippen LogP contribution in [-0.2, 0) is 4.79 Å². The number of rotatable bonds is 6. The molecular formula is C22H17F2NO3S. The Hall–Kier alpha value is -3.06. The molecule has 148 valence electrons. The monoisotopic (exact) mass is 413 g/mol. The largest absolute Gasteiger partial charge is 0.457 e. The number of alkyl halides is 2. The number of amides is 1. The summed E-state index contributed by atoms with van der Waals surface area (Å²) in [5, 5.41) is -0.232. The van der Waals surface area contributed by atoms with Gasteiger partial charge in [-0.15, -0.1) is 11.8 Å². The van der Waals surface area contributed by atoms with Crippen molar-refractivity contribution in [2.75, 3.05) is 10.7 Å². The van der Waals surface area contributed by atoms with Gasteiger partial charge in [-0.25, -0.2) is 0 Å². The van der Waals surface area contributed by atoms with E-state index < -0.39 is 6.61 Å². The Morgan fingerprint density at radius 3 is 2.14 bits per heavy atom. The standard InChI is InChI=1S/C22H17F2NO3S/c23-22(24)28-19-10-6-15(7-11-19)21-25(20(26)14-29-21)16-8-12-18(13-9-16)27-17-4-2-1-3-5-17/h1-13,21-22H,14H2. The van der Waals surface area contributed by atoms with Crippen molar-refractivity contribution in [2.45, 2.75) is 12.0 Å². The number of hydrogen-bond donors (Lipinski definition) is 0. The highest BCUT2D eigenvalue weighted by Gasteiger charge is 2.34. The molecule has 1 atom stereocenters. The first-order valence-corrected chi connectivity index (χ1v) is 9.96. The molecule has 1 unspecified atom stereocenters. The van der Waals surface area contributed by atoms with E-state index in [0.717, 1.165) is 17.0 Å². The van der Waals surface area contributed by atoms with Gasteiger partial charge >= 0.3 is 6.61 Å². The quantitative estimate of drug-likeness (QED) is 0.507. The highest BCUT2D eigenvalue weighted by Crippen LogP contribution is 2.42. The molecular weight excluding hydrogens is 396 g/mol. The van der Waals surface area contributed by atoms with Crippen LogP contribution < -0.4 is 14.4 Å². The summed E-state index contributed by atoms with van der Waals surface area (Å²) < 4.78 is 34.9. The maximum atomic E-state index is 12.5. The van der Waals surface area contributed by atoms with Crippen molar-refractivity contribution in [1.29, 1.82) is 0 Å². The Bertz CT molecular complexity index is 966. The molecule has 4 nitrogen and oxygen atoms in total. The second-order valence-electron chi connectivity index (χ2n) is 6.28. The van der Waals surface area contributed by atoms with Crippen LogP contribution in [0.5, 0.6) is 17.2 Å². The molecule has 4 rings (SSSR count). The van der Waals surface area contributed by atoms with Gasteiger partial charge in [0.15, 0.2) is 0 Å². The fourth-order valence-electron chi connectivity index (χ4n) is 3.06. The van der Waals surface area contributed by atoms with Crippen molar-refractivity contribution in [2.24, 2.45) is 0 Å². The Morgan fingerprint density at radius 1 is 0.862 bits per heavy atom. The number of hydrogen-bond acceptors (Lipinski definition) is 4. The lowest BCUT2D eigenvalue weighted by molar-refractivity contribution is -0.115. The van der Waals surface area contributed by atoms with E-state index in [-0.39, 0.29) is 17.0 Å². The van der Waals surface area contributed by atoms with E-state index in [9.17, 15) is 13.6 Å². The molecule has 1 aliphatic rings. The molecule has 7 heteroatoms. The Kier molecular flexibility index (Phi) is 5.67. The third kappa shape index (κ3) is 4.51. The van der Waals surface area contributed by atoms with Crippen molar-refractivity contribution in [1.82, 2.24) is 0 Å². The van der Waals surface area contributed by atoms with E-state index in [1.165, 1.54) is 23.9 Å². The van der Waals surface area contributed by atoms with Crippen LogP contribution in [0, 0.1) is 0 Å². The maximum Gasteiger partial charge on any atom is 0.387 e. The van der Waals surface area contributed by atoms with Crippen LogP contribution in [-0.4, -0.2) is 18.3 Å². The predicted octanol–water partition coefficient (Wildman–Crippen LogP) is 5.86. The summed E-state index contributed by atoms with van der Waals surface area (Å²) in [4.78, 5) is 14.2. The number of halogens is 2. The summed E-state index contributed by atoms with van der Waals surface area (Å²) in [5.41, 5.74) is 1.59. The summed E-state index contributed by atoms with van der Waals surface area (Å²) in [6, 6.07) is 23.1. The number of benzene rings is 3. The highest BCUT2D eigenvalue weighted by atomic mass is 32.2. The van der Waals surface area contributed by atoms with Crippen LogP contribution in [0.2, 0.25) is 0 Å². The number of anilines is 1. The van der Waals surface area contributed by atoms with Crippen molar-refractivity contribution >= 4 is 23.4 Å². The van der Waals surface area contributed by atoms with Gasteiger partial charge in [0.25, 0.3) is 0 Å². The van der Waals surface area contributed by atoms with E-state index in [0.29, 0.717) is 11.5 Å². The topological polar surface area (TPSA) is 38.8 Å². The van der Waals surface area contributed by atoms with E-state index in [1.807, 2.05) is 54.6 Å². The Labute approximate surface area is 171 Å². The summed E-state index contributed by atoms with van der Waals surface area (Å²) in [6.45, 7) is -2.86. The minimum absolute atomic E-state index is 0.00960. The van der Waals surface area contributed by atoms with Crippen LogP contribution in [0.1, 0.15) is 10.9 Å². The second kappa shape index (κ2) is 8.53. The molecule has 29 heavy (non-hydrogen) atoms. The molecule has 0 radical (unpaired) electrons. The fourth-order valence-corrected chi connectivity index (χ4v) is 4.24. The van der Waals surface area contributed by atoms with Crippen LogP contribution >= 0.6 is 11.8 Å². The van der Waals surface area contributed by atoms with Gasteiger partial charge in [-0.2, -0.15) is 8.78 Å². The molecule has 0 spiro atoms. The minimum atomic E-state index is -2.86. The molecule has 1 saturated heterocycles. The van der Waals surface area contributed by atoms with E-state index in [4.69, 9.17) is 4.74 Å². The predicted molar refractivity (Wildman–Crippen MR) is 109 cm³/mol. The molecule has 0 N–H and O–H groups in total. The Balaban J connectivity index is 1.52. The molecule has 0 bridgehead atoms. The molecule has 1 heterocycles. The summed E-state index contributed by atoms with van der Waals surface area (Å²) in [6.07, 6.45) is 0. The highest BCUT2D eigenvalue weighted by molar-refractivity contribution is 8.00. The molecule has 3 aromatic rings. The van der Waals surface area contributed by atoms with Crippen molar-refractivity contribution in [3.8, 4) is 17.2 Å². The maximum absolute atomic E-state index is 12.5. The van der Waals surface area contributed by atoms with E-state index in [2.05, 4.69) is 4.74 Å². The van der Waals surface area contributed by atoms with Crippen LogP contribution in [0.4, 0.5) is 14.5 Å². The molecule has 3 aromatic carbocycles. The van der Waals surface area contributed by atoms with Crippen molar-refractivity contribution < 1.29 is 23.0 Å². The molecule has 1 amide bonds. The number of para-hydroxylation sites is 1. The molecule has 0 aliphatic carbocycles. The van der Waals surface area contributed by atoms with Gasteiger partial charge < -0.3 is 9.47 Å². The van der Waals surface area contributed by atoms with E-state index >= 15 is 0 Å². The van der Waals surface area contributed by atoms with Crippen LogP contribution in [0.15, 0.2) is 78.9 Å². The SMILES string of the molecule is O=C1CSC(c2ccc(OC(F)F)cc2)N1c1ccc(Oc2ccccc2)cc1. The normalized spacial score (nSPS) is 16.3. The van der Waals surface area contributed by atoms with Gasteiger partial charge in [-0.1, -0.05) is 30.3 Å². The van der Waals surface area contributed by atoms with Gasteiger partial charge in [-0.05, 0) is 54.1 Å². The number of thioether (sulfide) groups is 1. The first-order valence-electron chi connectivity index (χ1n) is 8.91.